The number of anilines is 2. The van der Waals surface area contributed by atoms with Crippen LogP contribution in [0.4, 0.5) is 11.4 Å². The molecule has 2 aromatic rings. The zero-order valence-corrected chi connectivity index (χ0v) is 11.5. The maximum Gasteiger partial charge on any atom is 0.340 e. The zero-order chi connectivity index (χ0) is 14.5. The molecule has 0 bridgehead atoms. The number of ether oxygens (including phenoxy) is 1. The molecule has 0 aliphatic heterocycles. The first kappa shape index (κ1) is 13.9. The van der Waals surface area contributed by atoms with Crippen molar-refractivity contribution < 1.29 is 9.53 Å². The standard InChI is InChI=1S/C13H17N5O2/c1-3-20-13(19)9-5-4-6-10(12(9)14)15-7-11-17-16-8-18(11)2/h4-6,8,15H,3,7,14H2,1-2H3. The molecule has 1 heterocycles. The van der Waals surface area contributed by atoms with Crippen molar-refractivity contribution in [1.29, 1.82) is 0 Å². The Bertz CT molecular complexity index is 609. The van der Waals surface area contributed by atoms with Crippen LogP contribution in [0, 0.1) is 0 Å². The highest BCUT2D eigenvalue weighted by Crippen LogP contribution is 2.23. The number of nitrogens with zero attached hydrogens (tertiary/aromatic N) is 3. The Labute approximate surface area is 116 Å². The number of hydrogen-bond acceptors (Lipinski definition) is 6. The largest absolute Gasteiger partial charge is 0.462 e. The highest BCUT2D eigenvalue weighted by molar-refractivity contribution is 5.98. The second-order valence-electron chi connectivity index (χ2n) is 4.20. The molecule has 0 radical (unpaired) electrons. The Balaban J connectivity index is 2.14. The van der Waals surface area contributed by atoms with Gasteiger partial charge in [0.2, 0.25) is 0 Å². The molecule has 0 saturated carbocycles. The van der Waals surface area contributed by atoms with Gasteiger partial charge in [-0.2, -0.15) is 0 Å². The number of nitrogens with two attached hydrogens (primary N) is 1. The summed E-state index contributed by atoms with van der Waals surface area (Å²) in [6.07, 6.45) is 1.62. The van der Waals surface area contributed by atoms with Gasteiger partial charge in [0.1, 0.15) is 6.33 Å². The van der Waals surface area contributed by atoms with E-state index in [1.165, 1.54) is 0 Å². The molecular formula is C13H17N5O2. The van der Waals surface area contributed by atoms with Gasteiger partial charge in [0.15, 0.2) is 5.82 Å². The highest BCUT2D eigenvalue weighted by atomic mass is 16.5. The molecule has 0 unspecified atom stereocenters. The lowest BCUT2D eigenvalue weighted by molar-refractivity contribution is 0.0527. The van der Waals surface area contributed by atoms with Crippen LogP contribution in [0.2, 0.25) is 0 Å². The molecule has 0 saturated heterocycles. The van der Waals surface area contributed by atoms with Gasteiger partial charge in [-0.3, -0.25) is 0 Å². The summed E-state index contributed by atoms with van der Waals surface area (Å²) in [4.78, 5) is 11.7. The van der Waals surface area contributed by atoms with Gasteiger partial charge in [0.05, 0.1) is 30.1 Å². The Morgan fingerprint density at radius 1 is 1.50 bits per heavy atom. The van der Waals surface area contributed by atoms with Crippen LogP contribution in [0.15, 0.2) is 24.5 Å². The summed E-state index contributed by atoms with van der Waals surface area (Å²) in [5.74, 6) is 0.346. The number of aromatic nitrogens is 3. The first-order chi connectivity index (χ1) is 9.63. The third kappa shape index (κ3) is 2.87. The summed E-state index contributed by atoms with van der Waals surface area (Å²) in [6.45, 7) is 2.53. The van der Waals surface area contributed by atoms with Crippen molar-refractivity contribution in [1.82, 2.24) is 14.8 Å². The fourth-order valence-electron chi connectivity index (χ4n) is 1.75. The summed E-state index contributed by atoms with van der Waals surface area (Å²) in [5.41, 5.74) is 7.38. The van der Waals surface area contributed by atoms with E-state index in [4.69, 9.17) is 10.5 Å². The molecule has 0 spiro atoms. The molecule has 0 aliphatic carbocycles. The highest BCUT2D eigenvalue weighted by Gasteiger charge is 2.13. The van der Waals surface area contributed by atoms with Gasteiger partial charge < -0.3 is 20.4 Å². The van der Waals surface area contributed by atoms with E-state index in [2.05, 4.69) is 15.5 Å². The normalized spacial score (nSPS) is 10.3. The Morgan fingerprint density at radius 2 is 2.30 bits per heavy atom. The van der Waals surface area contributed by atoms with E-state index in [1.807, 2.05) is 7.05 Å². The van der Waals surface area contributed by atoms with Crippen molar-refractivity contribution in [3.8, 4) is 0 Å². The Kier molecular flexibility index (Phi) is 4.19. The number of esters is 1. The molecule has 7 nitrogen and oxygen atoms in total. The van der Waals surface area contributed by atoms with Crippen LogP contribution in [-0.2, 0) is 18.3 Å². The molecule has 20 heavy (non-hydrogen) atoms. The molecule has 1 aromatic carbocycles. The third-order valence-corrected chi connectivity index (χ3v) is 2.84. The summed E-state index contributed by atoms with van der Waals surface area (Å²) < 4.78 is 6.76. The molecule has 0 fully saturated rings. The average Bonchev–Trinajstić information content (AvgIpc) is 2.83. The van der Waals surface area contributed by atoms with Crippen LogP contribution in [0.1, 0.15) is 23.1 Å². The minimum Gasteiger partial charge on any atom is -0.462 e. The van der Waals surface area contributed by atoms with Crippen molar-refractivity contribution in [3.05, 3.63) is 35.9 Å². The van der Waals surface area contributed by atoms with Crippen LogP contribution in [0.5, 0.6) is 0 Å². The van der Waals surface area contributed by atoms with E-state index in [1.54, 1.807) is 36.0 Å². The van der Waals surface area contributed by atoms with E-state index in [-0.39, 0.29) is 0 Å². The third-order valence-electron chi connectivity index (χ3n) is 2.84. The summed E-state index contributed by atoms with van der Waals surface area (Å²) in [5, 5.41) is 10.9. The first-order valence-corrected chi connectivity index (χ1v) is 6.25. The number of aryl methyl sites for hydroxylation is 1. The van der Waals surface area contributed by atoms with Crippen LogP contribution < -0.4 is 11.1 Å². The van der Waals surface area contributed by atoms with Crippen molar-refractivity contribution in [3.63, 3.8) is 0 Å². The summed E-state index contributed by atoms with van der Waals surface area (Å²) >= 11 is 0. The molecule has 1 aromatic heterocycles. The average molecular weight is 275 g/mol. The maximum absolute atomic E-state index is 11.7. The van der Waals surface area contributed by atoms with Gasteiger partial charge >= 0.3 is 5.97 Å². The molecule has 0 aliphatic rings. The van der Waals surface area contributed by atoms with Gasteiger partial charge in [-0.25, -0.2) is 4.79 Å². The summed E-state index contributed by atoms with van der Waals surface area (Å²) in [6, 6.07) is 5.19. The second-order valence-corrected chi connectivity index (χ2v) is 4.20. The van der Waals surface area contributed by atoms with E-state index in [0.29, 0.717) is 30.1 Å². The molecule has 3 N–H and O–H groups in total. The van der Waals surface area contributed by atoms with Gasteiger partial charge in [-0.05, 0) is 19.1 Å². The summed E-state index contributed by atoms with van der Waals surface area (Å²) in [7, 11) is 1.86. The maximum atomic E-state index is 11.7. The minimum absolute atomic E-state index is 0.314. The van der Waals surface area contributed by atoms with Crippen LogP contribution in [0.3, 0.4) is 0 Å². The minimum atomic E-state index is -0.424. The smallest absolute Gasteiger partial charge is 0.340 e. The number of nitrogens with one attached hydrogen (secondary N) is 1. The van der Waals surface area contributed by atoms with Gasteiger partial charge in [0, 0.05) is 7.05 Å². The number of carbonyl (C=O) groups is 1. The van der Waals surface area contributed by atoms with Crippen LogP contribution in [-0.4, -0.2) is 27.3 Å². The van der Waals surface area contributed by atoms with Crippen molar-refractivity contribution in [2.75, 3.05) is 17.7 Å². The number of hydrogen-bond donors (Lipinski definition) is 2. The van der Waals surface area contributed by atoms with Gasteiger partial charge in [-0.1, -0.05) is 6.07 Å². The number of rotatable bonds is 5. The molecule has 0 amide bonds. The Morgan fingerprint density at radius 3 is 2.95 bits per heavy atom. The molecule has 2 rings (SSSR count). The van der Waals surface area contributed by atoms with Gasteiger partial charge in [0.25, 0.3) is 0 Å². The van der Waals surface area contributed by atoms with Crippen molar-refractivity contribution >= 4 is 17.3 Å². The van der Waals surface area contributed by atoms with Crippen molar-refractivity contribution in [2.45, 2.75) is 13.5 Å². The number of para-hydroxylation sites is 1. The number of nitrogen functional groups attached to an aromatic ring is 1. The predicted octanol–water partition coefficient (Wildman–Crippen LogP) is 1.19. The number of carbonyl (C=O) groups excluding carboxylic acids is 1. The van der Waals surface area contributed by atoms with E-state index < -0.39 is 5.97 Å². The Hall–Kier alpha value is -2.57. The van der Waals surface area contributed by atoms with E-state index in [9.17, 15) is 4.79 Å². The van der Waals surface area contributed by atoms with Crippen molar-refractivity contribution in [2.24, 2.45) is 7.05 Å². The quantitative estimate of drug-likeness (QED) is 0.628. The van der Waals surface area contributed by atoms with Crippen LogP contribution in [0.25, 0.3) is 0 Å². The zero-order valence-electron chi connectivity index (χ0n) is 11.5. The molecule has 106 valence electrons. The lowest BCUT2D eigenvalue weighted by Crippen LogP contribution is -2.11. The predicted molar refractivity (Wildman–Crippen MR) is 75.1 cm³/mol. The molecule has 0 atom stereocenters. The molecular weight excluding hydrogens is 258 g/mol. The topological polar surface area (TPSA) is 95.1 Å². The lowest BCUT2D eigenvalue weighted by Gasteiger charge is -2.12. The fourth-order valence-corrected chi connectivity index (χ4v) is 1.75. The SMILES string of the molecule is CCOC(=O)c1cccc(NCc2nncn2C)c1N. The van der Waals surface area contributed by atoms with E-state index in [0.717, 1.165) is 5.82 Å². The van der Waals surface area contributed by atoms with Crippen LogP contribution >= 0.6 is 0 Å². The van der Waals surface area contributed by atoms with Gasteiger partial charge in [-0.15, -0.1) is 10.2 Å². The second kappa shape index (κ2) is 6.05. The number of benzene rings is 1. The molecule has 7 heteroatoms. The monoisotopic (exact) mass is 275 g/mol. The lowest BCUT2D eigenvalue weighted by atomic mass is 10.1. The first-order valence-electron chi connectivity index (χ1n) is 6.25. The fraction of sp³-hybridized carbons (Fsp3) is 0.308. The van der Waals surface area contributed by atoms with E-state index >= 15 is 0 Å².